The molecule has 0 amide bonds. The lowest BCUT2D eigenvalue weighted by molar-refractivity contribution is 0.0586. The first-order valence-corrected chi connectivity index (χ1v) is 13.1. The Bertz CT molecular complexity index is 1590. The Kier molecular flexibility index (Phi) is 5.26. The van der Waals surface area contributed by atoms with Gasteiger partial charge in [-0.2, -0.15) is 0 Å². The lowest BCUT2D eigenvalue weighted by atomic mass is 9.78. The number of likely N-dealkylation sites (N-methyl/N-ethyl adjacent to an activating group) is 1. The predicted octanol–water partition coefficient (Wildman–Crippen LogP) is 4.03. The van der Waals surface area contributed by atoms with Crippen molar-refractivity contribution in [2.45, 2.75) is 24.8 Å². The molecule has 2 fully saturated rings. The van der Waals surface area contributed by atoms with Crippen LogP contribution in [-0.2, 0) is 7.05 Å². The molecule has 1 saturated carbocycles. The number of rotatable bonds is 4. The van der Waals surface area contributed by atoms with Gasteiger partial charge in [-0.1, -0.05) is 36.4 Å². The van der Waals surface area contributed by atoms with Gasteiger partial charge in [0.05, 0.1) is 11.0 Å². The fraction of sp³-hybridized carbons (Fsp3) is 0.345. The van der Waals surface area contributed by atoms with Gasteiger partial charge in [-0.3, -0.25) is 9.30 Å². The smallest absolute Gasteiger partial charge is 0.150 e. The molecule has 1 aliphatic heterocycles. The Labute approximate surface area is 216 Å². The van der Waals surface area contributed by atoms with E-state index < -0.39 is 0 Å². The van der Waals surface area contributed by atoms with E-state index in [1.165, 1.54) is 0 Å². The monoisotopic (exact) mass is 492 g/mol. The minimum Gasteiger partial charge on any atom is -0.382 e. The molecular formula is C29H32N8. The maximum absolute atomic E-state index is 6.44. The molecule has 5 aromatic rings. The Morgan fingerprint density at radius 3 is 2.46 bits per heavy atom. The average Bonchev–Trinajstić information content (AvgIpc) is 3.44. The molecule has 8 nitrogen and oxygen atoms in total. The number of anilines is 1. The molecule has 3 aromatic heterocycles. The van der Waals surface area contributed by atoms with Crippen LogP contribution < -0.4 is 5.73 Å². The van der Waals surface area contributed by atoms with Crippen LogP contribution in [0.5, 0.6) is 0 Å². The summed E-state index contributed by atoms with van der Waals surface area (Å²) in [6, 6.07) is 17.4. The molecule has 0 radical (unpaired) electrons. The van der Waals surface area contributed by atoms with E-state index in [0.29, 0.717) is 17.8 Å². The average molecular weight is 493 g/mol. The number of imidazole rings is 2. The minimum atomic E-state index is 0.427. The molecule has 4 heterocycles. The van der Waals surface area contributed by atoms with Gasteiger partial charge in [-0.15, -0.1) is 0 Å². The summed E-state index contributed by atoms with van der Waals surface area (Å²) in [4.78, 5) is 19.7. The van der Waals surface area contributed by atoms with Crippen LogP contribution in [0.4, 0.5) is 5.82 Å². The van der Waals surface area contributed by atoms with Crippen molar-refractivity contribution in [1.29, 1.82) is 0 Å². The number of fused-ring (bicyclic) bond motifs is 2. The van der Waals surface area contributed by atoms with Gasteiger partial charge in [0.15, 0.2) is 0 Å². The summed E-state index contributed by atoms with van der Waals surface area (Å²) in [5.74, 6) is 2.98. The third kappa shape index (κ3) is 3.70. The van der Waals surface area contributed by atoms with Gasteiger partial charge in [0.2, 0.25) is 0 Å². The minimum absolute atomic E-state index is 0.427. The highest BCUT2D eigenvalue weighted by Gasteiger charge is 2.38. The quantitative estimate of drug-likeness (QED) is 0.408. The number of hydrogen-bond acceptors (Lipinski definition) is 6. The summed E-state index contributed by atoms with van der Waals surface area (Å²) in [6.45, 7) is 4.63. The molecule has 2 aromatic carbocycles. The van der Waals surface area contributed by atoms with Crippen LogP contribution in [0, 0.1) is 0 Å². The van der Waals surface area contributed by atoms with E-state index >= 15 is 0 Å². The molecule has 0 spiro atoms. The maximum atomic E-state index is 6.44. The Morgan fingerprint density at radius 1 is 0.892 bits per heavy atom. The summed E-state index contributed by atoms with van der Waals surface area (Å²) < 4.78 is 4.31. The SMILES string of the molecule is CN1CCN([C@H]2C[C@@H](c3nc(-c4ccc5c(c4)nc(-c4ccccc4)n5C)c4c(N)nccn43)C2)CC1. The molecule has 0 bridgehead atoms. The van der Waals surface area contributed by atoms with Crippen molar-refractivity contribution in [2.75, 3.05) is 39.0 Å². The molecule has 2 aliphatic rings. The van der Waals surface area contributed by atoms with Gasteiger partial charge in [0.1, 0.15) is 28.7 Å². The molecule has 2 N–H and O–H groups in total. The highest BCUT2D eigenvalue weighted by atomic mass is 15.3. The largest absolute Gasteiger partial charge is 0.382 e. The van der Waals surface area contributed by atoms with Crippen LogP contribution in [-0.4, -0.2) is 73.0 Å². The zero-order valence-corrected chi connectivity index (χ0v) is 21.4. The highest BCUT2D eigenvalue weighted by Crippen LogP contribution is 2.42. The molecule has 0 atom stereocenters. The second-order valence-corrected chi connectivity index (χ2v) is 10.6. The molecule has 1 saturated heterocycles. The van der Waals surface area contributed by atoms with Crippen molar-refractivity contribution in [2.24, 2.45) is 7.05 Å². The lowest BCUT2D eigenvalue weighted by Crippen LogP contribution is -2.52. The van der Waals surface area contributed by atoms with E-state index in [1.807, 2.05) is 24.4 Å². The molecule has 8 heteroatoms. The standard InChI is InChI=1S/C29H32N8/c1-34-12-14-36(15-13-34)22-16-21(17-22)29-33-25(26-27(30)31-10-11-37(26)29)20-8-9-24-23(18-20)32-28(35(24)2)19-6-4-3-5-7-19/h3-11,18,21-22H,12-17H2,1-2H3,(H2,30,31)/t21-,22+. The number of nitrogens with two attached hydrogens (primary N) is 1. The first kappa shape index (κ1) is 22.4. The van der Waals surface area contributed by atoms with Crippen molar-refractivity contribution in [1.82, 2.24) is 33.7 Å². The fourth-order valence-corrected chi connectivity index (χ4v) is 6.05. The number of aryl methyl sites for hydroxylation is 1. The summed E-state index contributed by atoms with van der Waals surface area (Å²) in [7, 11) is 4.28. The molecule has 7 rings (SSSR count). The molecule has 188 valence electrons. The van der Waals surface area contributed by atoms with E-state index in [9.17, 15) is 0 Å². The van der Waals surface area contributed by atoms with Crippen LogP contribution in [0.3, 0.4) is 0 Å². The number of benzene rings is 2. The Hall–Kier alpha value is -3.75. The van der Waals surface area contributed by atoms with Gasteiger partial charge in [0.25, 0.3) is 0 Å². The van der Waals surface area contributed by atoms with Crippen LogP contribution in [0.15, 0.2) is 60.9 Å². The van der Waals surface area contributed by atoms with E-state index in [4.69, 9.17) is 15.7 Å². The Balaban J connectivity index is 1.25. The first-order chi connectivity index (χ1) is 18.1. The third-order valence-corrected chi connectivity index (χ3v) is 8.33. The van der Waals surface area contributed by atoms with Crippen LogP contribution in [0.25, 0.3) is 39.2 Å². The van der Waals surface area contributed by atoms with Crippen molar-refractivity contribution in [3.8, 4) is 22.6 Å². The van der Waals surface area contributed by atoms with Crippen LogP contribution in [0.1, 0.15) is 24.6 Å². The Morgan fingerprint density at radius 2 is 1.68 bits per heavy atom. The van der Waals surface area contributed by atoms with Crippen molar-refractivity contribution >= 4 is 22.4 Å². The van der Waals surface area contributed by atoms with Crippen LogP contribution in [0.2, 0.25) is 0 Å². The summed E-state index contributed by atoms with van der Waals surface area (Å²) >= 11 is 0. The van der Waals surface area contributed by atoms with Gasteiger partial charge in [-0.05, 0) is 32.0 Å². The molecule has 37 heavy (non-hydrogen) atoms. The van der Waals surface area contributed by atoms with Gasteiger partial charge in [-0.25, -0.2) is 15.0 Å². The topological polar surface area (TPSA) is 80.5 Å². The summed E-state index contributed by atoms with van der Waals surface area (Å²) in [5.41, 5.74) is 12.4. The van der Waals surface area contributed by atoms with E-state index in [0.717, 1.165) is 84.0 Å². The van der Waals surface area contributed by atoms with E-state index in [-0.39, 0.29) is 0 Å². The maximum Gasteiger partial charge on any atom is 0.150 e. The summed E-state index contributed by atoms with van der Waals surface area (Å²) in [6.07, 6.45) is 6.07. The lowest BCUT2D eigenvalue weighted by Gasteiger charge is -2.45. The van der Waals surface area contributed by atoms with Crippen molar-refractivity contribution < 1.29 is 0 Å². The number of hydrogen-bond donors (Lipinski definition) is 1. The zero-order valence-electron chi connectivity index (χ0n) is 21.4. The molecule has 0 unspecified atom stereocenters. The predicted molar refractivity (Wildman–Crippen MR) is 147 cm³/mol. The van der Waals surface area contributed by atoms with Gasteiger partial charge < -0.3 is 15.2 Å². The van der Waals surface area contributed by atoms with E-state index in [1.54, 1.807) is 6.20 Å². The normalized spacial score (nSPS) is 21.0. The number of piperazine rings is 1. The van der Waals surface area contributed by atoms with Crippen LogP contribution >= 0.6 is 0 Å². The summed E-state index contributed by atoms with van der Waals surface area (Å²) in [5, 5.41) is 0. The second kappa shape index (κ2) is 8.68. The second-order valence-electron chi connectivity index (χ2n) is 10.6. The van der Waals surface area contributed by atoms with E-state index in [2.05, 4.69) is 68.2 Å². The van der Waals surface area contributed by atoms with Crippen molar-refractivity contribution in [3.05, 3.63) is 66.7 Å². The number of aromatic nitrogens is 5. The fourth-order valence-electron chi connectivity index (χ4n) is 6.05. The van der Waals surface area contributed by atoms with Gasteiger partial charge in [0, 0.05) is 68.7 Å². The molecule has 1 aliphatic carbocycles. The first-order valence-electron chi connectivity index (χ1n) is 13.1. The number of nitrogen functional groups attached to an aromatic ring is 1. The highest BCUT2D eigenvalue weighted by molar-refractivity contribution is 5.91. The third-order valence-electron chi connectivity index (χ3n) is 8.33. The molecular weight excluding hydrogens is 460 g/mol. The zero-order chi connectivity index (χ0) is 25.1. The van der Waals surface area contributed by atoms with Gasteiger partial charge >= 0.3 is 0 Å². The van der Waals surface area contributed by atoms with Crippen molar-refractivity contribution in [3.63, 3.8) is 0 Å². The number of nitrogens with zero attached hydrogens (tertiary/aromatic N) is 7.